The minimum absolute atomic E-state index is 0.0657. The van der Waals surface area contributed by atoms with Crippen molar-refractivity contribution in [1.82, 2.24) is 4.90 Å². The molecule has 5 aliphatic rings. The molecule has 1 aliphatic heterocycles. The van der Waals surface area contributed by atoms with Crippen molar-refractivity contribution in [2.45, 2.75) is 64.5 Å². The van der Waals surface area contributed by atoms with Crippen molar-refractivity contribution in [3.63, 3.8) is 0 Å². The minimum atomic E-state index is -0.721. The number of aryl methyl sites for hydroxylation is 1. The second-order valence-electron chi connectivity index (χ2n) is 10.8. The molecule has 5 fully saturated rings. The van der Waals surface area contributed by atoms with Gasteiger partial charge in [-0.2, -0.15) is 0 Å². The molecule has 172 valence electrons. The molecule has 33 heavy (non-hydrogen) atoms. The topological polar surface area (TPSA) is 57.7 Å². The molecular formula is C27H30N2O3S. The van der Waals surface area contributed by atoms with Crippen molar-refractivity contribution in [3.05, 3.63) is 52.2 Å². The van der Waals surface area contributed by atoms with Crippen LogP contribution in [0.1, 0.15) is 55.4 Å². The van der Waals surface area contributed by atoms with E-state index in [1.807, 2.05) is 48.7 Å². The fraction of sp³-hybridized carbons (Fsp3) is 0.519. The number of thiophene rings is 1. The Bertz CT molecular complexity index is 1060. The van der Waals surface area contributed by atoms with E-state index in [4.69, 9.17) is 0 Å². The summed E-state index contributed by atoms with van der Waals surface area (Å²) < 4.78 is 0. The summed E-state index contributed by atoms with van der Waals surface area (Å²) in [6.07, 6.45) is 6.72. The first kappa shape index (κ1) is 21.1. The third kappa shape index (κ3) is 3.54. The summed E-state index contributed by atoms with van der Waals surface area (Å²) in [5.41, 5.74) is 1.33. The normalized spacial score (nSPS) is 32.6. The van der Waals surface area contributed by atoms with E-state index in [9.17, 15) is 14.4 Å². The monoisotopic (exact) mass is 462 g/mol. The van der Waals surface area contributed by atoms with Crippen LogP contribution >= 0.6 is 11.3 Å². The van der Waals surface area contributed by atoms with Crippen LogP contribution in [0.4, 0.5) is 5.69 Å². The van der Waals surface area contributed by atoms with Crippen LogP contribution in [0.2, 0.25) is 0 Å². The molecule has 1 unspecified atom stereocenters. The van der Waals surface area contributed by atoms with Gasteiger partial charge < -0.3 is 4.90 Å². The van der Waals surface area contributed by atoms with Crippen molar-refractivity contribution in [2.24, 2.45) is 23.2 Å². The van der Waals surface area contributed by atoms with Gasteiger partial charge in [-0.25, -0.2) is 4.90 Å². The van der Waals surface area contributed by atoms with E-state index < -0.39 is 6.04 Å². The van der Waals surface area contributed by atoms with Gasteiger partial charge >= 0.3 is 0 Å². The highest BCUT2D eigenvalue weighted by Crippen LogP contribution is 2.60. The second kappa shape index (κ2) is 7.79. The van der Waals surface area contributed by atoms with Gasteiger partial charge in [-0.15, -0.1) is 11.3 Å². The first-order valence-corrected chi connectivity index (χ1v) is 13.1. The van der Waals surface area contributed by atoms with Crippen LogP contribution in [0.3, 0.4) is 0 Å². The molecule has 6 heteroatoms. The molecule has 3 amide bonds. The van der Waals surface area contributed by atoms with E-state index in [0.29, 0.717) is 30.0 Å². The summed E-state index contributed by atoms with van der Waals surface area (Å²) >= 11 is 1.60. The highest BCUT2D eigenvalue weighted by molar-refractivity contribution is 7.09. The average Bonchev–Trinajstić information content (AvgIpc) is 3.39. The van der Waals surface area contributed by atoms with Gasteiger partial charge in [-0.3, -0.25) is 14.4 Å². The molecule has 1 aromatic heterocycles. The Kier molecular flexibility index (Phi) is 4.98. The van der Waals surface area contributed by atoms with Gasteiger partial charge in [-0.1, -0.05) is 23.8 Å². The van der Waals surface area contributed by atoms with Gasteiger partial charge in [0.15, 0.2) is 0 Å². The Balaban J connectivity index is 1.33. The van der Waals surface area contributed by atoms with Gasteiger partial charge in [0.05, 0.1) is 24.1 Å². The zero-order valence-electron chi connectivity index (χ0n) is 19.0. The molecule has 4 saturated carbocycles. The number of amides is 3. The molecule has 1 aromatic carbocycles. The molecule has 1 saturated heterocycles. The third-order valence-electron chi connectivity index (χ3n) is 8.45. The molecule has 4 aliphatic carbocycles. The summed E-state index contributed by atoms with van der Waals surface area (Å²) in [5, 5.41) is 2.00. The minimum Gasteiger partial charge on any atom is -0.324 e. The zero-order chi connectivity index (χ0) is 22.7. The number of carbonyl (C=O) groups is 3. The molecule has 0 spiro atoms. The van der Waals surface area contributed by atoms with Crippen LogP contribution in [-0.2, 0) is 20.9 Å². The fourth-order valence-corrected chi connectivity index (χ4v) is 8.10. The molecule has 2 aromatic rings. The molecule has 5 nitrogen and oxygen atoms in total. The van der Waals surface area contributed by atoms with E-state index in [1.165, 1.54) is 24.2 Å². The first-order chi connectivity index (χ1) is 15.9. The van der Waals surface area contributed by atoms with E-state index in [0.717, 1.165) is 29.7 Å². The smallest absolute Gasteiger partial charge is 0.257 e. The van der Waals surface area contributed by atoms with Crippen LogP contribution in [0, 0.1) is 30.1 Å². The molecule has 2 heterocycles. The van der Waals surface area contributed by atoms with Crippen molar-refractivity contribution in [3.8, 4) is 0 Å². The zero-order valence-corrected chi connectivity index (χ0v) is 19.9. The number of hydrogen-bond donors (Lipinski definition) is 0. The SMILES string of the molecule is Cc1ccc(N2C(=O)CC(N(Cc3cccs3)C(=O)C34CC5CC(CC(C5)C3)C4)C2=O)cc1. The van der Waals surface area contributed by atoms with Crippen LogP contribution in [0.25, 0.3) is 0 Å². The van der Waals surface area contributed by atoms with Crippen LogP contribution < -0.4 is 4.90 Å². The largest absolute Gasteiger partial charge is 0.324 e. The lowest BCUT2D eigenvalue weighted by molar-refractivity contribution is -0.162. The molecule has 7 rings (SSSR count). The number of nitrogens with zero attached hydrogens (tertiary/aromatic N) is 2. The maximum atomic E-state index is 14.3. The second-order valence-corrected chi connectivity index (χ2v) is 11.9. The molecule has 1 atom stereocenters. The van der Waals surface area contributed by atoms with Crippen LogP contribution in [0.15, 0.2) is 41.8 Å². The maximum Gasteiger partial charge on any atom is 0.257 e. The van der Waals surface area contributed by atoms with Crippen molar-refractivity contribution < 1.29 is 14.4 Å². The lowest BCUT2D eigenvalue weighted by Crippen LogP contribution is -2.57. The van der Waals surface area contributed by atoms with E-state index >= 15 is 0 Å². The van der Waals surface area contributed by atoms with Crippen LogP contribution in [0.5, 0.6) is 0 Å². The number of anilines is 1. The lowest BCUT2D eigenvalue weighted by atomic mass is 9.49. The predicted molar refractivity (Wildman–Crippen MR) is 128 cm³/mol. The summed E-state index contributed by atoms with van der Waals surface area (Å²) in [4.78, 5) is 45.1. The molecule has 4 bridgehead atoms. The Labute approximate surface area is 198 Å². The van der Waals surface area contributed by atoms with Gasteiger partial charge in [0.25, 0.3) is 5.91 Å². The Hall–Kier alpha value is -2.47. The highest BCUT2D eigenvalue weighted by Gasteiger charge is 2.57. The van der Waals surface area contributed by atoms with E-state index in [-0.39, 0.29) is 29.6 Å². The van der Waals surface area contributed by atoms with Crippen LogP contribution in [-0.4, -0.2) is 28.7 Å². The number of hydrogen-bond acceptors (Lipinski definition) is 4. The van der Waals surface area contributed by atoms with E-state index in [2.05, 4.69) is 0 Å². The lowest BCUT2D eigenvalue weighted by Gasteiger charge is -2.56. The standard InChI is InChI=1S/C27H30N2O3S/c1-17-4-6-21(7-5-17)29-24(30)12-23(25(29)31)28(16-22-3-2-8-33-22)26(32)27-13-18-9-19(14-27)11-20(10-18)15-27/h2-8,18-20,23H,9-16H2,1H3. The fourth-order valence-electron chi connectivity index (χ4n) is 7.40. The first-order valence-electron chi connectivity index (χ1n) is 12.2. The van der Waals surface area contributed by atoms with Gasteiger partial charge in [0, 0.05) is 4.88 Å². The van der Waals surface area contributed by atoms with Crippen molar-refractivity contribution in [1.29, 1.82) is 0 Å². The van der Waals surface area contributed by atoms with Gasteiger partial charge in [0.2, 0.25) is 11.8 Å². The predicted octanol–water partition coefficient (Wildman–Crippen LogP) is 4.93. The summed E-state index contributed by atoms with van der Waals surface area (Å²) in [7, 11) is 0. The van der Waals surface area contributed by atoms with Gasteiger partial charge in [-0.05, 0) is 86.8 Å². The Morgan fingerprint density at radius 1 is 1.03 bits per heavy atom. The van der Waals surface area contributed by atoms with Gasteiger partial charge in [0.1, 0.15) is 6.04 Å². The molecule has 0 N–H and O–H groups in total. The molecular weight excluding hydrogens is 432 g/mol. The summed E-state index contributed by atoms with van der Waals surface area (Å²) in [6, 6.07) is 10.7. The quantitative estimate of drug-likeness (QED) is 0.592. The van der Waals surface area contributed by atoms with Crippen molar-refractivity contribution in [2.75, 3.05) is 4.90 Å². The maximum absolute atomic E-state index is 14.3. The number of benzene rings is 1. The third-order valence-corrected chi connectivity index (χ3v) is 9.31. The Morgan fingerprint density at radius 2 is 1.67 bits per heavy atom. The van der Waals surface area contributed by atoms with E-state index in [1.54, 1.807) is 16.2 Å². The van der Waals surface area contributed by atoms with Crippen molar-refractivity contribution >= 4 is 34.7 Å². The number of rotatable bonds is 5. The summed E-state index contributed by atoms with van der Waals surface area (Å²) in [5.74, 6) is 1.57. The number of imide groups is 1. The number of carbonyl (C=O) groups excluding carboxylic acids is 3. The average molecular weight is 463 g/mol. The molecule has 0 radical (unpaired) electrons. The Morgan fingerprint density at radius 3 is 2.24 bits per heavy atom. The highest BCUT2D eigenvalue weighted by atomic mass is 32.1. The summed E-state index contributed by atoms with van der Waals surface area (Å²) in [6.45, 7) is 2.39.